The van der Waals surface area contributed by atoms with Crippen molar-refractivity contribution in [2.24, 2.45) is 0 Å². The summed E-state index contributed by atoms with van der Waals surface area (Å²) in [5.41, 5.74) is 1.58. The second-order valence-electron chi connectivity index (χ2n) is 14.2. The average molecular weight is 681 g/mol. The van der Waals surface area contributed by atoms with Gasteiger partial charge in [0.25, 0.3) is 5.91 Å². The van der Waals surface area contributed by atoms with Crippen molar-refractivity contribution in [1.82, 2.24) is 20.1 Å². The lowest BCUT2D eigenvalue weighted by Crippen LogP contribution is -2.54. The van der Waals surface area contributed by atoms with Crippen molar-refractivity contribution in [2.75, 3.05) is 56.8 Å². The molecule has 268 valence electrons. The molecular formula is C36H52N6O7. The van der Waals surface area contributed by atoms with Crippen LogP contribution in [0.4, 0.5) is 16.4 Å². The molecule has 2 aromatic rings. The van der Waals surface area contributed by atoms with Crippen LogP contribution in [0.3, 0.4) is 0 Å². The van der Waals surface area contributed by atoms with E-state index >= 15 is 0 Å². The highest BCUT2D eigenvalue weighted by atomic mass is 16.7. The van der Waals surface area contributed by atoms with Gasteiger partial charge in [0, 0.05) is 64.9 Å². The van der Waals surface area contributed by atoms with Gasteiger partial charge in [0.2, 0.25) is 5.91 Å². The highest BCUT2D eigenvalue weighted by Gasteiger charge is 2.37. The summed E-state index contributed by atoms with van der Waals surface area (Å²) in [5, 5.41) is 17.9. The van der Waals surface area contributed by atoms with E-state index in [1.54, 1.807) is 40.9 Å². The fourth-order valence-corrected chi connectivity index (χ4v) is 6.66. The Labute approximate surface area is 289 Å². The van der Waals surface area contributed by atoms with Gasteiger partial charge in [-0.3, -0.25) is 14.5 Å². The SMILES string of the molecule is COCOc1ccc2c(c1)CN(C(=O)OC(C)(C)C)[C@H]([C@H](O)CNC(=O)c1cc(NC3CCN(C(C)=O)CC3)nc(N3CCCCC3)c1)C2. The van der Waals surface area contributed by atoms with Crippen molar-refractivity contribution in [1.29, 1.82) is 0 Å². The van der Waals surface area contributed by atoms with E-state index < -0.39 is 23.8 Å². The van der Waals surface area contributed by atoms with Gasteiger partial charge in [0.1, 0.15) is 23.0 Å². The molecule has 3 N–H and O–H groups in total. The van der Waals surface area contributed by atoms with E-state index in [4.69, 9.17) is 19.2 Å². The zero-order chi connectivity index (χ0) is 35.1. The van der Waals surface area contributed by atoms with E-state index in [0.717, 1.165) is 55.7 Å². The van der Waals surface area contributed by atoms with Crippen LogP contribution in [0, 0.1) is 0 Å². The lowest BCUT2D eigenvalue weighted by atomic mass is 9.91. The molecule has 0 spiro atoms. The summed E-state index contributed by atoms with van der Waals surface area (Å²) >= 11 is 0. The van der Waals surface area contributed by atoms with Crippen LogP contribution in [-0.4, -0.2) is 108 Å². The maximum atomic E-state index is 13.7. The Morgan fingerprint density at radius 3 is 2.43 bits per heavy atom. The number of hydrogen-bond acceptors (Lipinski definition) is 10. The van der Waals surface area contributed by atoms with E-state index in [9.17, 15) is 19.5 Å². The smallest absolute Gasteiger partial charge is 0.410 e. The molecule has 1 aromatic carbocycles. The maximum Gasteiger partial charge on any atom is 0.410 e. The summed E-state index contributed by atoms with van der Waals surface area (Å²) in [6.45, 7) is 10.4. The number of hydrogen-bond donors (Lipinski definition) is 3. The van der Waals surface area contributed by atoms with Crippen LogP contribution in [0.1, 0.15) is 81.3 Å². The minimum atomic E-state index is -1.07. The van der Waals surface area contributed by atoms with Crippen LogP contribution in [0.25, 0.3) is 0 Å². The number of rotatable bonds is 10. The van der Waals surface area contributed by atoms with Crippen LogP contribution < -0.4 is 20.3 Å². The van der Waals surface area contributed by atoms with E-state index in [-0.39, 0.29) is 37.7 Å². The summed E-state index contributed by atoms with van der Waals surface area (Å²) in [4.78, 5) is 49.4. The topological polar surface area (TPSA) is 146 Å². The fourth-order valence-electron chi connectivity index (χ4n) is 6.66. The first kappa shape index (κ1) is 36.2. The lowest BCUT2D eigenvalue weighted by molar-refractivity contribution is -0.129. The van der Waals surface area contributed by atoms with Crippen LogP contribution in [0.15, 0.2) is 30.3 Å². The number of aromatic nitrogens is 1. The molecule has 49 heavy (non-hydrogen) atoms. The van der Waals surface area contributed by atoms with E-state index in [2.05, 4.69) is 15.5 Å². The summed E-state index contributed by atoms with van der Waals surface area (Å²) in [6.07, 6.45) is 3.66. The summed E-state index contributed by atoms with van der Waals surface area (Å²) in [6, 6.07) is 8.71. The maximum absolute atomic E-state index is 13.7. The number of methoxy groups -OCH3 is 1. The normalized spacial score (nSPS) is 19.1. The lowest BCUT2D eigenvalue weighted by Gasteiger charge is -2.40. The number of aliphatic hydroxyl groups excluding tert-OH is 1. The predicted molar refractivity (Wildman–Crippen MR) is 186 cm³/mol. The number of carbonyl (C=O) groups excluding carboxylic acids is 3. The molecule has 0 unspecified atom stereocenters. The van der Waals surface area contributed by atoms with Gasteiger partial charge in [0.15, 0.2) is 6.79 Å². The molecule has 0 aliphatic carbocycles. The standard InChI is InChI=1S/C36H52N6O7/c1-24(43)40-15-11-28(12-16-40)38-32-19-26(20-33(39-32)41-13-7-6-8-14-41)34(45)37-21-31(44)30-18-25-9-10-29(48-23-47-5)17-27(25)22-42(30)35(46)49-36(2,3)4/h9-10,17,19-20,28,30-31,44H,6-8,11-16,18,21-23H2,1-5H3,(H,37,45)(H,38,39)/t30-,31+/m0/s1. The Kier molecular flexibility index (Phi) is 11.9. The molecule has 13 heteroatoms. The zero-order valence-corrected chi connectivity index (χ0v) is 29.5. The molecule has 0 bridgehead atoms. The molecule has 13 nitrogen and oxygen atoms in total. The molecule has 2 atom stereocenters. The Bertz CT molecular complexity index is 1470. The van der Waals surface area contributed by atoms with Gasteiger partial charge in [-0.05, 0) is 94.7 Å². The number of anilines is 2. The molecule has 0 saturated carbocycles. The minimum Gasteiger partial charge on any atom is -0.468 e. The van der Waals surface area contributed by atoms with Crippen LogP contribution in [0.5, 0.6) is 5.75 Å². The second kappa shape index (κ2) is 16.1. The van der Waals surface area contributed by atoms with Crippen molar-refractivity contribution in [3.63, 3.8) is 0 Å². The third kappa shape index (κ3) is 9.75. The van der Waals surface area contributed by atoms with E-state index in [0.29, 0.717) is 36.6 Å². The average Bonchev–Trinajstić information content (AvgIpc) is 3.08. The Morgan fingerprint density at radius 1 is 1.02 bits per heavy atom. The molecule has 3 amide bonds. The van der Waals surface area contributed by atoms with Crippen molar-refractivity contribution in [3.8, 4) is 5.75 Å². The largest absolute Gasteiger partial charge is 0.468 e. The molecule has 4 heterocycles. The van der Waals surface area contributed by atoms with Gasteiger partial charge >= 0.3 is 6.09 Å². The van der Waals surface area contributed by atoms with Gasteiger partial charge in [-0.15, -0.1) is 0 Å². The summed E-state index contributed by atoms with van der Waals surface area (Å²) in [5.74, 6) is 1.72. The fraction of sp³-hybridized carbons (Fsp3) is 0.611. The third-order valence-corrected chi connectivity index (χ3v) is 9.28. The molecule has 0 radical (unpaired) electrons. The number of nitrogens with zero attached hydrogens (tertiary/aromatic N) is 4. The second-order valence-corrected chi connectivity index (χ2v) is 14.2. The molecule has 3 aliphatic rings. The first-order chi connectivity index (χ1) is 23.4. The van der Waals surface area contributed by atoms with E-state index in [1.807, 2.05) is 29.2 Å². The van der Waals surface area contributed by atoms with Crippen molar-refractivity contribution in [2.45, 2.75) is 96.6 Å². The number of amides is 3. The number of ether oxygens (including phenoxy) is 3. The Hall–Kier alpha value is -4.10. The Balaban J connectivity index is 1.31. The number of fused-ring (bicyclic) bond motifs is 1. The van der Waals surface area contributed by atoms with Crippen LogP contribution >= 0.6 is 0 Å². The zero-order valence-electron chi connectivity index (χ0n) is 29.5. The highest BCUT2D eigenvalue weighted by molar-refractivity contribution is 5.95. The quantitative estimate of drug-likeness (QED) is 0.316. The summed E-state index contributed by atoms with van der Waals surface area (Å²) < 4.78 is 16.4. The minimum absolute atomic E-state index is 0.0686. The monoisotopic (exact) mass is 680 g/mol. The van der Waals surface area contributed by atoms with Gasteiger partial charge < -0.3 is 39.8 Å². The number of benzene rings is 1. The Morgan fingerprint density at radius 2 is 1.76 bits per heavy atom. The highest BCUT2D eigenvalue weighted by Crippen LogP contribution is 2.30. The van der Waals surface area contributed by atoms with Crippen molar-refractivity contribution in [3.05, 3.63) is 47.0 Å². The van der Waals surface area contributed by atoms with E-state index in [1.165, 1.54) is 11.3 Å². The van der Waals surface area contributed by atoms with Gasteiger partial charge in [-0.1, -0.05) is 6.07 Å². The number of aliphatic hydroxyl groups is 1. The first-order valence-corrected chi connectivity index (χ1v) is 17.4. The van der Waals surface area contributed by atoms with Crippen LogP contribution in [0.2, 0.25) is 0 Å². The molecule has 2 fully saturated rings. The third-order valence-electron chi connectivity index (χ3n) is 9.28. The number of nitrogens with one attached hydrogen (secondary N) is 2. The first-order valence-electron chi connectivity index (χ1n) is 17.4. The molecule has 5 rings (SSSR count). The predicted octanol–water partition coefficient (Wildman–Crippen LogP) is 3.93. The number of likely N-dealkylation sites (tertiary alicyclic amines) is 1. The van der Waals surface area contributed by atoms with Gasteiger partial charge in [0.05, 0.1) is 12.1 Å². The molecule has 3 aliphatic heterocycles. The van der Waals surface area contributed by atoms with Gasteiger partial charge in [-0.25, -0.2) is 9.78 Å². The molecule has 2 saturated heterocycles. The van der Waals surface area contributed by atoms with Gasteiger partial charge in [-0.2, -0.15) is 0 Å². The number of piperidine rings is 2. The number of pyridine rings is 1. The van der Waals surface area contributed by atoms with Crippen LogP contribution in [-0.2, 0) is 27.2 Å². The molecule has 1 aromatic heterocycles. The number of carbonyl (C=O) groups is 3. The van der Waals surface area contributed by atoms with Crippen molar-refractivity contribution >= 4 is 29.5 Å². The van der Waals surface area contributed by atoms with Crippen molar-refractivity contribution < 1.29 is 33.7 Å². The molecular weight excluding hydrogens is 628 g/mol. The summed E-state index contributed by atoms with van der Waals surface area (Å²) in [7, 11) is 1.55.